The van der Waals surface area contributed by atoms with Gasteiger partial charge in [-0.05, 0) is 32.0 Å². The van der Waals surface area contributed by atoms with Gasteiger partial charge in [0.25, 0.3) is 0 Å². The lowest BCUT2D eigenvalue weighted by Gasteiger charge is -2.27. The van der Waals surface area contributed by atoms with E-state index < -0.39 is 58.6 Å². The Morgan fingerprint density at radius 3 is 2.10 bits per heavy atom. The number of hydrogen-bond acceptors (Lipinski definition) is 7. The van der Waals surface area contributed by atoms with Crippen LogP contribution >= 0.6 is 0 Å². The van der Waals surface area contributed by atoms with Crippen LogP contribution in [0.4, 0.5) is 18.0 Å². The Morgan fingerprint density at radius 2 is 1.63 bits per heavy atom. The highest BCUT2D eigenvalue weighted by molar-refractivity contribution is 5.69. The topological polar surface area (TPSA) is 114 Å². The predicted molar refractivity (Wildman–Crippen MR) is 89.7 cm³/mol. The molecule has 2 saturated heterocycles. The number of carbonyl (C=O) groups excluding carboxylic acids is 1. The molecule has 1 aromatic carbocycles. The second kappa shape index (κ2) is 5.20. The SMILES string of the molecule is CC12OC(C)(c3c1c(O)n(-c1ccc(C#N)c(C(F)(F)F)c1)c3O)[C@H]1OC(=O)O[C@H]12. The van der Waals surface area contributed by atoms with Gasteiger partial charge in [0.1, 0.15) is 11.2 Å². The maximum absolute atomic E-state index is 13.4. The molecule has 4 heterocycles. The molecule has 4 atom stereocenters. The van der Waals surface area contributed by atoms with E-state index in [4.69, 9.17) is 19.5 Å². The summed E-state index contributed by atoms with van der Waals surface area (Å²) in [5, 5.41) is 30.8. The van der Waals surface area contributed by atoms with E-state index in [0.29, 0.717) is 6.07 Å². The Morgan fingerprint density at radius 1 is 1.10 bits per heavy atom. The number of ether oxygens (including phenoxy) is 3. The lowest BCUT2D eigenvalue weighted by atomic mass is 9.76. The minimum Gasteiger partial charge on any atom is -0.494 e. The Hall–Kier alpha value is -3.39. The first-order valence-corrected chi connectivity index (χ1v) is 8.80. The van der Waals surface area contributed by atoms with Gasteiger partial charge in [0, 0.05) is 0 Å². The number of nitriles is 1. The van der Waals surface area contributed by atoms with Crippen molar-refractivity contribution < 1.29 is 42.4 Å². The molecule has 2 unspecified atom stereocenters. The number of hydrogen-bond donors (Lipinski definition) is 2. The number of rotatable bonds is 1. The summed E-state index contributed by atoms with van der Waals surface area (Å²) in [4.78, 5) is 11.6. The molecule has 0 radical (unpaired) electrons. The molecule has 0 saturated carbocycles. The maximum Gasteiger partial charge on any atom is 0.509 e. The predicted octanol–water partition coefficient (Wildman–Crippen LogP) is 3.16. The van der Waals surface area contributed by atoms with Crippen molar-refractivity contribution in [3.63, 3.8) is 0 Å². The summed E-state index contributed by atoms with van der Waals surface area (Å²) in [6.45, 7) is 3.07. The van der Waals surface area contributed by atoms with Crippen LogP contribution in [0.15, 0.2) is 18.2 Å². The molecule has 11 heteroatoms. The summed E-state index contributed by atoms with van der Waals surface area (Å²) in [6.07, 6.45) is -7.54. The minimum absolute atomic E-state index is 0.0972. The zero-order valence-electron chi connectivity index (χ0n) is 15.4. The van der Waals surface area contributed by atoms with Crippen LogP contribution < -0.4 is 0 Å². The third-order valence-electron chi connectivity index (χ3n) is 6.03. The van der Waals surface area contributed by atoms with Crippen LogP contribution in [0.1, 0.15) is 36.1 Å². The van der Waals surface area contributed by atoms with Crippen LogP contribution in [0.2, 0.25) is 0 Å². The van der Waals surface area contributed by atoms with Gasteiger partial charge in [0.05, 0.1) is 34.0 Å². The quantitative estimate of drug-likeness (QED) is 0.679. The lowest BCUT2D eigenvalue weighted by Crippen LogP contribution is -2.42. The smallest absolute Gasteiger partial charge is 0.494 e. The summed E-state index contributed by atoms with van der Waals surface area (Å²) in [6, 6.07) is 4.27. The van der Waals surface area contributed by atoms with Crippen LogP contribution in [-0.2, 0) is 31.6 Å². The molecule has 0 amide bonds. The van der Waals surface area contributed by atoms with Gasteiger partial charge >= 0.3 is 12.3 Å². The molecule has 2 bridgehead atoms. The number of nitrogens with zero attached hydrogens (tertiary/aromatic N) is 2. The van der Waals surface area contributed by atoms with Gasteiger partial charge in [-0.25, -0.2) is 4.79 Å². The maximum atomic E-state index is 13.4. The summed E-state index contributed by atoms with van der Waals surface area (Å²) < 4.78 is 57.3. The van der Waals surface area contributed by atoms with E-state index in [1.807, 2.05) is 0 Å². The summed E-state index contributed by atoms with van der Waals surface area (Å²) in [5.41, 5.74) is -4.58. The first-order valence-electron chi connectivity index (χ1n) is 8.80. The van der Waals surface area contributed by atoms with Crippen LogP contribution in [0.3, 0.4) is 0 Å². The van der Waals surface area contributed by atoms with E-state index in [9.17, 15) is 28.2 Å². The average molecular weight is 422 g/mol. The molecule has 3 aliphatic rings. The van der Waals surface area contributed by atoms with Crippen LogP contribution in [0, 0.1) is 11.3 Å². The van der Waals surface area contributed by atoms with Crippen molar-refractivity contribution in [3.05, 3.63) is 40.5 Å². The van der Waals surface area contributed by atoms with Crippen molar-refractivity contribution in [1.82, 2.24) is 4.57 Å². The summed E-state index contributed by atoms with van der Waals surface area (Å²) in [7, 11) is 0. The Balaban J connectivity index is 1.74. The summed E-state index contributed by atoms with van der Waals surface area (Å²) in [5.74, 6) is -1.12. The Bertz CT molecular complexity index is 1130. The van der Waals surface area contributed by atoms with Gasteiger partial charge in [0.2, 0.25) is 11.8 Å². The number of fused-ring (bicyclic) bond motifs is 8. The van der Waals surface area contributed by atoms with Gasteiger partial charge < -0.3 is 24.4 Å². The number of alkyl halides is 3. The highest BCUT2D eigenvalue weighted by Crippen LogP contribution is 2.66. The average Bonchev–Trinajstić information content (AvgIpc) is 3.31. The van der Waals surface area contributed by atoms with Crippen molar-refractivity contribution in [1.29, 1.82) is 5.26 Å². The fourth-order valence-electron chi connectivity index (χ4n) is 4.84. The number of halogens is 3. The number of carbonyl (C=O) groups is 1. The second-order valence-corrected chi connectivity index (χ2v) is 7.72. The summed E-state index contributed by atoms with van der Waals surface area (Å²) >= 11 is 0. The first kappa shape index (κ1) is 18.6. The van der Waals surface area contributed by atoms with Gasteiger partial charge in [-0.15, -0.1) is 0 Å². The molecule has 2 N–H and O–H groups in total. The van der Waals surface area contributed by atoms with E-state index in [-0.39, 0.29) is 16.8 Å². The monoisotopic (exact) mass is 422 g/mol. The minimum atomic E-state index is -4.82. The fraction of sp³-hybridized carbons (Fsp3) is 0.368. The standard InChI is InChI=1S/C19H13F3N2O6/c1-17-10-11(18(2,30-17)13-12(17)28-16(27)29-13)15(26)24(14(10)25)8-4-3-7(6-23)9(5-8)19(20,21)22/h3-5,12-13,25-26H,1-2H3/t12-,13+,17?,18?. The third kappa shape index (κ3) is 1.96. The second-order valence-electron chi connectivity index (χ2n) is 7.72. The zero-order valence-corrected chi connectivity index (χ0v) is 15.4. The van der Waals surface area contributed by atoms with E-state index in [0.717, 1.165) is 10.6 Å². The molecule has 0 aliphatic carbocycles. The van der Waals surface area contributed by atoms with Gasteiger partial charge in [0.15, 0.2) is 12.2 Å². The van der Waals surface area contributed by atoms with Crippen LogP contribution in [0.25, 0.3) is 5.69 Å². The van der Waals surface area contributed by atoms with Crippen LogP contribution in [0.5, 0.6) is 11.8 Å². The number of aromatic hydroxyl groups is 2. The van der Waals surface area contributed by atoms with Gasteiger partial charge in [-0.2, -0.15) is 18.4 Å². The molecular formula is C19H13F3N2O6. The van der Waals surface area contributed by atoms with Crippen molar-refractivity contribution in [2.45, 2.75) is 43.4 Å². The van der Waals surface area contributed by atoms with Crippen molar-refractivity contribution in [2.24, 2.45) is 0 Å². The van der Waals surface area contributed by atoms with Crippen LogP contribution in [-0.4, -0.2) is 33.1 Å². The third-order valence-corrected chi connectivity index (χ3v) is 6.03. The van der Waals surface area contributed by atoms with E-state index in [1.165, 1.54) is 26.0 Å². The van der Waals surface area contributed by atoms with E-state index in [2.05, 4.69) is 0 Å². The molecule has 1 aromatic heterocycles. The highest BCUT2D eigenvalue weighted by atomic mass is 19.4. The lowest BCUT2D eigenvalue weighted by molar-refractivity contribution is -0.137. The molecule has 8 nitrogen and oxygen atoms in total. The Kier molecular flexibility index (Phi) is 3.23. The van der Waals surface area contributed by atoms with E-state index in [1.54, 1.807) is 0 Å². The fourth-order valence-corrected chi connectivity index (χ4v) is 4.84. The molecule has 2 fully saturated rings. The number of aromatic nitrogens is 1. The molecule has 5 rings (SSSR count). The van der Waals surface area contributed by atoms with Crippen molar-refractivity contribution in [3.8, 4) is 23.5 Å². The largest absolute Gasteiger partial charge is 0.509 e. The van der Waals surface area contributed by atoms with E-state index >= 15 is 0 Å². The van der Waals surface area contributed by atoms with Gasteiger partial charge in [-0.1, -0.05) is 0 Å². The van der Waals surface area contributed by atoms with Gasteiger partial charge in [-0.3, -0.25) is 4.57 Å². The van der Waals surface area contributed by atoms with Crippen molar-refractivity contribution >= 4 is 6.16 Å². The molecule has 0 spiro atoms. The molecule has 156 valence electrons. The Labute approximate surface area is 166 Å². The normalized spacial score (nSPS) is 31.1. The molecule has 30 heavy (non-hydrogen) atoms. The van der Waals surface area contributed by atoms with Crippen molar-refractivity contribution in [2.75, 3.05) is 0 Å². The molecule has 3 aliphatic heterocycles. The zero-order chi connectivity index (χ0) is 21.8. The highest BCUT2D eigenvalue weighted by Gasteiger charge is 2.75. The molecule has 2 aromatic rings. The number of benzene rings is 1. The first-order chi connectivity index (χ1) is 13.9. The molecular weight excluding hydrogens is 409 g/mol.